The smallest absolute Gasteiger partial charge is 0.181 e. The van der Waals surface area contributed by atoms with Gasteiger partial charge in [0, 0.05) is 13.1 Å². The van der Waals surface area contributed by atoms with Crippen LogP contribution in [0.2, 0.25) is 0 Å². The molecule has 0 spiro atoms. The summed E-state index contributed by atoms with van der Waals surface area (Å²) >= 11 is 0. The van der Waals surface area contributed by atoms with Gasteiger partial charge < -0.3 is 10.8 Å². The first kappa shape index (κ1) is 11.8. The molecule has 0 unspecified atom stereocenters. The summed E-state index contributed by atoms with van der Waals surface area (Å²) in [6.07, 6.45) is 5.84. The molecule has 5 N–H and O–H groups in total. The van der Waals surface area contributed by atoms with E-state index in [4.69, 9.17) is 10.8 Å². The van der Waals surface area contributed by atoms with Crippen LogP contribution in [0.25, 0.3) is 0 Å². The van der Waals surface area contributed by atoms with Gasteiger partial charge in [0.15, 0.2) is 5.88 Å². The molecule has 1 rings (SSSR count). The number of hydrogen-bond donors (Lipinski definition) is 4. The maximum absolute atomic E-state index is 8.72. The monoisotopic (exact) mass is 209 g/mol. The van der Waals surface area contributed by atoms with E-state index in [2.05, 4.69) is 24.1 Å². The highest BCUT2D eigenvalue weighted by Crippen LogP contribution is 2.17. The molecule has 1 aliphatic heterocycles. The summed E-state index contributed by atoms with van der Waals surface area (Å²) in [6, 6.07) is 0. The number of aliphatic hydroxyl groups is 1. The van der Waals surface area contributed by atoms with E-state index in [1.807, 2.05) is 6.08 Å². The third-order valence-corrected chi connectivity index (χ3v) is 2.56. The van der Waals surface area contributed by atoms with Gasteiger partial charge in [0.2, 0.25) is 0 Å². The van der Waals surface area contributed by atoms with Crippen LogP contribution in [-0.4, -0.2) is 23.9 Å². The van der Waals surface area contributed by atoms with Crippen molar-refractivity contribution in [2.45, 2.75) is 19.0 Å². The SMILES string of the molecule is C=C(C/C=C\C=C(/N)O)C1(C)NCCN1. The minimum Gasteiger partial charge on any atom is -0.495 e. The Hall–Kier alpha value is -1.26. The van der Waals surface area contributed by atoms with Crippen molar-refractivity contribution in [3.8, 4) is 0 Å². The Morgan fingerprint density at radius 2 is 2.13 bits per heavy atom. The number of allylic oxidation sites excluding steroid dienone is 3. The highest BCUT2D eigenvalue weighted by Gasteiger charge is 2.29. The third-order valence-electron chi connectivity index (χ3n) is 2.56. The first-order valence-corrected chi connectivity index (χ1v) is 5.04. The van der Waals surface area contributed by atoms with E-state index < -0.39 is 0 Å². The summed E-state index contributed by atoms with van der Waals surface area (Å²) in [5.74, 6) is -0.180. The highest BCUT2D eigenvalue weighted by atomic mass is 16.3. The maximum Gasteiger partial charge on any atom is 0.181 e. The van der Waals surface area contributed by atoms with Crippen molar-refractivity contribution in [1.29, 1.82) is 0 Å². The van der Waals surface area contributed by atoms with E-state index >= 15 is 0 Å². The average molecular weight is 209 g/mol. The Bertz CT molecular complexity index is 284. The van der Waals surface area contributed by atoms with Crippen molar-refractivity contribution in [2.75, 3.05) is 13.1 Å². The summed E-state index contributed by atoms with van der Waals surface area (Å²) < 4.78 is 0. The largest absolute Gasteiger partial charge is 0.495 e. The van der Waals surface area contributed by atoms with Gasteiger partial charge in [-0.1, -0.05) is 18.7 Å². The third kappa shape index (κ3) is 3.42. The van der Waals surface area contributed by atoms with Gasteiger partial charge >= 0.3 is 0 Å². The van der Waals surface area contributed by atoms with Crippen molar-refractivity contribution in [2.24, 2.45) is 5.73 Å². The van der Waals surface area contributed by atoms with Gasteiger partial charge in [0.1, 0.15) is 0 Å². The van der Waals surface area contributed by atoms with Crippen LogP contribution in [0.5, 0.6) is 0 Å². The van der Waals surface area contributed by atoms with Crippen LogP contribution in [0, 0.1) is 0 Å². The molecule has 0 bridgehead atoms. The fourth-order valence-corrected chi connectivity index (χ4v) is 1.52. The second kappa shape index (κ2) is 5.00. The predicted molar refractivity (Wildman–Crippen MR) is 62.2 cm³/mol. The fraction of sp³-hybridized carbons (Fsp3) is 0.455. The minimum atomic E-state index is -0.180. The van der Waals surface area contributed by atoms with E-state index in [1.54, 1.807) is 6.08 Å². The minimum absolute atomic E-state index is 0.168. The van der Waals surface area contributed by atoms with E-state index in [9.17, 15) is 0 Å². The number of nitrogens with one attached hydrogen (secondary N) is 2. The lowest BCUT2D eigenvalue weighted by Gasteiger charge is -2.26. The Morgan fingerprint density at radius 1 is 1.53 bits per heavy atom. The number of hydrogen-bond acceptors (Lipinski definition) is 4. The van der Waals surface area contributed by atoms with E-state index in [1.165, 1.54) is 6.08 Å². The van der Waals surface area contributed by atoms with Crippen LogP contribution in [0.15, 0.2) is 36.3 Å². The molecule has 15 heavy (non-hydrogen) atoms. The second-order valence-electron chi connectivity index (χ2n) is 3.81. The fourth-order valence-electron chi connectivity index (χ4n) is 1.52. The molecule has 0 aromatic heterocycles. The Morgan fingerprint density at radius 3 is 2.67 bits per heavy atom. The van der Waals surface area contributed by atoms with Gasteiger partial charge in [-0.15, -0.1) is 0 Å². The molecule has 4 nitrogen and oxygen atoms in total. The first-order chi connectivity index (χ1) is 7.04. The van der Waals surface area contributed by atoms with E-state index in [-0.39, 0.29) is 11.5 Å². The topological polar surface area (TPSA) is 70.3 Å². The zero-order valence-electron chi connectivity index (χ0n) is 9.09. The molecule has 0 amide bonds. The summed E-state index contributed by atoms with van der Waals surface area (Å²) in [5, 5.41) is 15.4. The molecular formula is C11H19N3O. The maximum atomic E-state index is 8.72. The summed E-state index contributed by atoms with van der Waals surface area (Å²) in [5.41, 5.74) is 5.98. The molecule has 0 aromatic carbocycles. The van der Waals surface area contributed by atoms with Crippen LogP contribution in [0.1, 0.15) is 13.3 Å². The molecular weight excluding hydrogens is 190 g/mol. The van der Waals surface area contributed by atoms with Gasteiger partial charge in [-0.25, -0.2) is 0 Å². The van der Waals surface area contributed by atoms with Gasteiger partial charge in [0.05, 0.1) is 5.66 Å². The normalized spacial score (nSPS) is 21.0. The molecule has 84 valence electrons. The standard InChI is InChI=1S/C11H19N3O/c1-9(5-3-4-6-10(12)15)11(2)13-7-8-14-11/h3-4,6,13-15H,1,5,7-8,12H2,2H3/b4-3-,10-6+. The Balaban J connectivity index is 2.42. The average Bonchev–Trinajstić information content (AvgIpc) is 2.60. The van der Waals surface area contributed by atoms with Crippen molar-refractivity contribution < 1.29 is 5.11 Å². The van der Waals surface area contributed by atoms with Gasteiger partial charge in [0.25, 0.3) is 0 Å². The second-order valence-corrected chi connectivity index (χ2v) is 3.81. The van der Waals surface area contributed by atoms with Gasteiger partial charge in [-0.3, -0.25) is 10.6 Å². The summed E-state index contributed by atoms with van der Waals surface area (Å²) in [4.78, 5) is 0. The van der Waals surface area contributed by atoms with E-state index in [0.29, 0.717) is 0 Å². The van der Waals surface area contributed by atoms with Gasteiger partial charge in [-0.05, 0) is 25.0 Å². The lowest BCUT2D eigenvalue weighted by molar-refractivity contribution is 0.406. The lowest BCUT2D eigenvalue weighted by Crippen LogP contribution is -2.47. The predicted octanol–water partition coefficient (Wildman–Crippen LogP) is 0.756. The first-order valence-electron chi connectivity index (χ1n) is 5.04. The zero-order valence-corrected chi connectivity index (χ0v) is 9.09. The number of nitrogens with two attached hydrogens (primary N) is 1. The van der Waals surface area contributed by atoms with Crippen molar-refractivity contribution in [3.63, 3.8) is 0 Å². The molecule has 1 aliphatic rings. The number of aliphatic hydroxyl groups excluding tert-OH is 1. The molecule has 1 fully saturated rings. The zero-order chi connectivity index (χ0) is 11.3. The quantitative estimate of drug-likeness (QED) is 0.313. The number of rotatable bonds is 4. The lowest BCUT2D eigenvalue weighted by atomic mass is 10.0. The molecule has 0 radical (unpaired) electrons. The van der Waals surface area contributed by atoms with E-state index in [0.717, 1.165) is 25.1 Å². The molecule has 1 heterocycles. The molecule has 0 saturated carbocycles. The van der Waals surface area contributed by atoms with Crippen LogP contribution in [0.4, 0.5) is 0 Å². The van der Waals surface area contributed by atoms with Crippen LogP contribution >= 0.6 is 0 Å². The molecule has 4 heteroatoms. The Kier molecular flexibility index (Phi) is 3.94. The van der Waals surface area contributed by atoms with Gasteiger partial charge in [-0.2, -0.15) is 0 Å². The summed E-state index contributed by atoms with van der Waals surface area (Å²) in [7, 11) is 0. The molecule has 0 atom stereocenters. The highest BCUT2D eigenvalue weighted by molar-refractivity contribution is 5.20. The van der Waals surface area contributed by atoms with Crippen molar-refractivity contribution in [3.05, 3.63) is 36.3 Å². The molecule has 1 saturated heterocycles. The van der Waals surface area contributed by atoms with Crippen molar-refractivity contribution >= 4 is 0 Å². The van der Waals surface area contributed by atoms with Crippen LogP contribution < -0.4 is 16.4 Å². The van der Waals surface area contributed by atoms with Crippen molar-refractivity contribution in [1.82, 2.24) is 10.6 Å². The molecule has 0 aliphatic carbocycles. The van der Waals surface area contributed by atoms with Crippen LogP contribution in [-0.2, 0) is 0 Å². The van der Waals surface area contributed by atoms with Crippen LogP contribution in [0.3, 0.4) is 0 Å². The summed E-state index contributed by atoms with van der Waals surface area (Å²) in [6.45, 7) is 8.03. The Labute approximate surface area is 90.5 Å². The molecule has 0 aromatic rings.